The Kier molecular flexibility index (Phi) is 2.54. The van der Waals surface area contributed by atoms with Gasteiger partial charge in [0.25, 0.3) is 0 Å². The van der Waals surface area contributed by atoms with Gasteiger partial charge in [0.05, 0.1) is 5.41 Å². The lowest BCUT2D eigenvalue weighted by Crippen LogP contribution is -2.35. The van der Waals surface area contributed by atoms with Crippen LogP contribution < -0.4 is 0 Å². The Hall–Kier alpha value is -1.57. The van der Waals surface area contributed by atoms with E-state index in [1.54, 1.807) is 0 Å². The zero-order chi connectivity index (χ0) is 12.8. The van der Waals surface area contributed by atoms with E-state index >= 15 is 0 Å². The first-order valence-electron chi connectivity index (χ1n) is 6.66. The van der Waals surface area contributed by atoms with Crippen molar-refractivity contribution in [3.05, 3.63) is 41.5 Å². The van der Waals surface area contributed by atoms with Crippen LogP contribution in [-0.4, -0.2) is 10.9 Å². The summed E-state index contributed by atoms with van der Waals surface area (Å²) in [6, 6.07) is 7.71. The summed E-state index contributed by atoms with van der Waals surface area (Å²) in [5.74, 6) is 0.972. The van der Waals surface area contributed by atoms with E-state index in [0.29, 0.717) is 0 Å². The Balaban J connectivity index is 1.99. The summed E-state index contributed by atoms with van der Waals surface area (Å²) in [5.41, 5.74) is 1.34. The van der Waals surface area contributed by atoms with Crippen LogP contribution in [0.25, 0.3) is 5.76 Å². The first kappa shape index (κ1) is 11.5. The molecular formula is C16H18O2. The third-order valence-electron chi connectivity index (χ3n) is 4.36. The number of fused-ring (bicyclic) bond motifs is 1. The van der Waals surface area contributed by atoms with Crippen molar-refractivity contribution < 1.29 is 9.90 Å². The highest BCUT2D eigenvalue weighted by molar-refractivity contribution is 6.06. The number of allylic oxidation sites excluding steroid dienone is 1. The van der Waals surface area contributed by atoms with E-state index < -0.39 is 5.41 Å². The number of carbonyl (C=O) groups is 1. The summed E-state index contributed by atoms with van der Waals surface area (Å²) < 4.78 is 0. The molecule has 1 atom stereocenters. The number of benzene rings is 1. The minimum Gasteiger partial charge on any atom is -0.507 e. The maximum Gasteiger partial charge on any atom is 0.169 e. The van der Waals surface area contributed by atoms with Gasteiger partial charge in [0.1, 0.15) is 5.76 Å². The van der Waals surface area contributed by atoms with Gasteiger partial charge in [-0.1, -0.05) is 37.1 Å². The third-order valence-corrected chi connectivity index (χ3v) is 4.36. The monoisotopic (exact) mass is 242 g/mol. The molecular weight excluding hydrogens is 224 g/mol. The van der Waals surface area contributed by atoms with Crippen molar-refractivity contribution in [3.8, 4) is 0 Å². The van der Waals surface area contributed by atoms with Gasteiger partial charge in [-0.2, -0.15) is 0 Å². The van der Waals surface area contributed by atoms with Crippen LogP contribution in [0.4, 0.5) is 0 Å². The highest BCUT2D eigenvalue weighted by Gasteiger charge is 2.40. The molecule has 2 aliphatic carbocycles. The molecule has 0 amide bonds. The molecule has 2 nitrogen and oxygen atoms in total. The molecule has 1 saturated carbocycles. The summed E-state index contributed by atoms with van der Waals surface area (Å²) in [6.07, 6.45) is 6.03. The van der Waals surface area contributed by atoms with Crippen molar-refractivity contribution in [2.75, 3.05) is 0 Å². The first-order chi connectivity index (χ1) is 8.61. The molecule has 94 valence electrons. The molecule has 1 unspecified atom stereocenters. The van der Waals surface area contributed by atoms with Gasteiger partial charge in [-0.3, -0.25) is 4.79 Å². The molecule has 0 aromatic heterocycles. The summed E-state index contributed by atoms with van der Waals surface area (Å²) in [7, 11) is 0. The normalized spacial score (nSPS) is 26.7. The maximum absolute atomic E-state index is 12.3. The molecule has 0 radical (unpaired) electrons. The van der Waals surface area contributed by atoms with Crippen molar-refractivity contribution in [1.29, 1.82) is 0 Å². The summed E-state index contributed by atoms with van der Waals surface area (Å²) in [6.45, 7) is 2.01. The van der Waals surface area contributed by atoms with E-state index in [1.807, 2.05) is 31.2 Å². The highest BCUT2D eigenvalue weighted by Crippen LogP contribution is 2.43. The first-order valence-corrected chi connectivity index (χ1v) is 6.66. The van der Waals surface area contributed by atoms with Crippen molar-refractivity contribution >= 4 is 11.5 Å². The molecule has 1 aromatic rings. The van der Waals surface area contributed by atoms with Crippen LogP contribution in [0.1, 0.15) is 43.7 Å². The van der Waals surface area contributed by atoms with E-state index in [4.69, 9.17) is 0 Å². The van der Waals surface area contributed by atoms with Crippen molar-refractivity contribution in [2.45, 2.75) is 38.0 Å². The predicted molar refractivity (Wildman–Crippen MR) is 71.4 cm³/mol. The minimum absolute atomic E-state index is 0.0411. The Labute approximate surface area is 107 Å². The molecule has 0 heterocycles. The standard InChI is InChI=1S/C16H18O2/c1-16(9-8-11-6-7-11)13-5-3-2-4-12(13)14(17)10-15(16)18/h2-5,10-11,17H,6-9H2,1H3. The molecule has 0 bridgehead atoms. The van der Waals surface area contributed by atoms with E-state index in [9.17, 15) is 9.90 Å². The maximum atomic E-state index is 12.3. The minimum atomic E-state index is -0.453. The van der Waals surface area contributed by atoms with Gasteiger partial charge < -0.3 is 5.11 Å². The van der Waals surface area contributed by atoms with Crippen LogP contribution in [0.3, 0.4) is 0 Å². The zero-order valence-corrected chi connectivity index (χ0v) is 10.6. The predicted octanol–water partition coefficient (Wildman–Crippen LogP) is 3.62. The number of carbonyl (C=O) groups excluding carboxylic acids is 1. The molecule has 2 heteroatoms. The smallest absolute Gasteiger partial charge is 0.169 e. The molecule has 2 aliphatic rings. The number of aliphatic hydroxyl groups excluding tert-OH is 1. The fraction of sp³-hybridized carbons (Fsp3) is 0.438. The van der Waals surface area contributed by atoms with Crippen molar-refractivity contribution in [1.82, 2.24) is 0 Å². The lowest BCUT2D eigenvalue weighted by atomic mass is 9.70. The number of hydrogen-bond acceptors (Lipinski definition) is 2. The van der Waals surface area contributed by atoms with Crippen LogP contribution in [0.15, 0.2) is 30.3 Å². The lowest BCUT2D eigenvalue weighted by Gasteiger charge is -2.32. The summed E-state index contributed by atoms with van der Waals surface area (Å²) >= 11 is 0. The van der Waals surface area contributed by atoms with Gasteiger partial charge in [0.15, 0.2) is 5.78 Å². The number of rotatable bonds is 3. The lowest BCUT2D eigenvalue weighted by molar-refractivity contribution is -0.119. The molecule has 0 spiro atoms. The van der Waals surface area contributed by atoms with Gasteiger partial charge in [0.2, 0.25) is 0 Å². The molecule has 3 rings (SSSR count). The fourth-order valence-electron chi connectivity index (χ4n) is 2.84. The van der Waals surface area contributed by atoms with E-state index in [-0.39, 0.29) is 11.5 Å². The number of aliphatic hydroxyl groups is 1. The SMILES string of the molecule is CC1(CCC2CC2)C(=O)C=C(O)c2ccccc21. The second kappa shape index (κ2) is 3.98. The molecule has 18 heavy (non-hydrogen) atoms. The van der Waals surface area contributed by atoms with E-state index in [1.165, 1.54) is 18.9 Å². The molecule has 1 aromatic carbocycles. The zero-order valence-electron chi connectivity index (χ0n) is 10.6. The molecule has 0 saturated heterocycles. The number of ketones is 1. The molecule has 0 aliphatic heterocycles. The van der Waals surface area contributed by atoms with E-state index in [2.05, 4.69) is 0 Å². The Bertz CT molecular complexity index is 526. The second-order valence-electron chi connectivity index (χ2n) is 5.75. The number of hydrogen-bond donors (Lipinski definition) is 1. The van der Waals surface area contributed by atoms with Crippen LogP contribution in [0, 0.1) is 5.92 Å². The van der Waals surface area contributed by atoms with Crippen molar-refractivity contribution in [2.24, 2.45) is 5.92 Å². The fourth-order valence-corrected chi connectivity index (χ4v) is 2.84. The molecule has 1 N–H and O–H groups in total. The topological polar surface area (TPSA) is 37.3 Å². The second-order valence-corrected chi connectivity index (χ2v) is 5.75. The van der Waals surface area contributed by atoms with Crippen LogP contribution >= 0.6 is 0 Å². The highest BCUT2D eigenvalue weighted by atomic mass is 16.3. The van der Waals surface area contributed by atoms with Gasteiger partial charge in [-0.25, -0.2) is 0 Å². The third kappa shape index (κ3) is 1.76. The van der Waals surface area contributed by atoms with Crippen LogP contribution in [0.5, 0.6) is 0 Å². The Morgan fingerprint density at radius 3 is 2.78 bits per heavy atom. The van der Waals surface area contributed by atoms with Gasteiger partial charge in [-0.05, 0) is 31.2 Å². The van der Waals surface area contributed by atoms with Gasteiger partial charge in [-0.15, -0.1) is 0 Å². The quantitative estimate of drug-likeness (QED) is 0.879. The van der Waals surface area contributed by atoms with E-state index in [0.717, 1.165) is 29.9 Å². The van der Waals surface area contributed by atoms with Gasteiger partial charge in [0, 0.05) is 11.6 Å². The van der Waals surface area contributed by atoms with Crippen molar-refractivity contribution in [3.63, 3.8) is 0 Å². The Morgan fingerprint density at radius 1 is 1.33 bits per heavy atom. The van der Waals surface area contributed by atoms with Crippen LogP contribution in [-0.2, 0) is 10.2 Å². The summed E-state index contributed by atoms with van der Waals surface area (Å²) in [5, 5.41) is 9.89. The molecule has 1 fully saturated rings. The largest absolute Gasteiger partial charge is 0.507 e. The summed E-state index contributed by atoms with van der Waals surface area (Å²) in [4.78, 5) is 12.3. The Morgan fingerprint density at radius 2 is 2.06 bits per heavy atom. The van der Waals surface area contributed by atoms with Gasteiger partial charge >= 0.3 is 0 Å². The average molecular weight is 242 g/mol. The van der Waals surface area contributed by atoms with Crippen LogP contribution in [0.2, 0.25) is 0 Å². The average Bonchev–Trinajstić information content (AvgIpc) is 3.18.